The fourth-order valence-corrected chi connectivity index (χ4v) is 3.80. The fourth-order valence-electron chi connectivity index (χ4n) is 3.80. The van der Waals surface area contributed by atoms with E-state index in [0.717, 1.165) is 25.5 Å². The van der Waals surface area contributed by atoms with Crippen LogP contribution in [0.15, 0.2) is 12.3 Å². The number of carbonyl (C=O) groups is 1. The van der Waals surface area contributed by atoms with Crippen LogP contribution in [0.2, 0.25) is 0 Å². The summed E-state index contributed by atoms with van der Waals surface area (Å²) in [7, 11) is 0. The molecule has 1 aromatic heterocycles. The van der Waals surface area contributed by atoms with Crippen LogP contribution in [0.4, 0.5) is 8.78 Å². The Labute approximate surface area is 124 Å². The molecule has 1 aliphatic carbocycles. The third kappa shape index (κ3) is 3.77. The van der Waals surface area contributed by atoms with Gasteiger partial charge in [-0.25, -0.2) is 9.37 Å². The number of nitrogens with zero attached hydrogens (tertiary/aromatic N) is 1. The molecule has 0 atom stereocenters. The highest BCUT2D eigenvalue weighted by Crippen LogP contribution is 2.45. The highest BCUT2D eigenvalue weighted by Gasteiger charge is 2.39. The van der Waals surface area contributed by atoms with Gasteiger partial charge in [0.1, 0.15) is 0 Å². The lowest BCUT2D eigenvalue weighted by molar-refractivity contribution is 0.0710. The van der Waals surface area contributed by atoms with Gasteiger partial charge in [-0.15, -0.1) is 0 Å². The molecule has 1 saturated carbocycles. The Balaban J connectivity index is 2.14. The molecule has 1 fully saturated rings. The molecule has 1 aromatic rings. The molecule has 0 spiro atoms. The van der Waals surface area contributed by atoms with Crippen LogP contribution in [-0.2, 0) is 0 Å². The average molecular weight is 296 g/mol. The second kappa shape index (κ2) is 5.35. The maximum absolute atomic E-state index is 13.6. The molecule has 5 heteroatoms. The second-order valence-electron chi connectivity index (χ2n) is 7.55. The van der Waals surface area contributed by atoms with Crippen molar-refractivity contribution in [2.45, 2.75) is 53.0 Å². The monoisotopic (exact) mass is 296 g/mol. The molecular weight excluding hydrogens is 274 g/mol. The van der Waals surface area contributed by atoms with Gasteiger partial charge < -0.3 is 5.32 Å². The first-order valence-corrected chi connectivity index (χ1v) is 7.21. The van der Waals surface area contributed by atoms with E-state index in [-0.39, 0.29) is 22.4 Å². The third-order valence-corrected chi connectivity index (χ3v) is 3.98. The van der Waals surface area contributed by atoms with E-state index in [0.29, 0.717) is 0 Å². The molecule has 1 N–H and O–H groups in total. The Bertz CT molecular complexity index is 539. The molecule has 0 aromatic carbocycles. The van der Waals surface area contributed by atoms with Gasteiger partial charge in [-0.1, -0.05) is 27.7 Å². The van der Waals surface area contributed by atoms with Gasteiger partial charge in [-0.05, 0) is 36.2 Å². The molecule has 0 unspecified atom stereocenters. The maximum Gasteiger partial charge on any atom is 0.254 e. The summed E-state index contributed by atoms with van der Waals surface area (Å²) in [6.45, 7) is 8.67. The van der Waals surface area contributed by atoms with Crippen molar-refractivity contribution >= 4 is 5.91 Å². The van der Waals surface area contributed by atoms with E-state index >= 15 is 0 Å². The zero-order valence-electron chi connectivity index (χ0n) is 13.0. The van der Waals surface area contributed by atoms with Gasteiger partial charge in [0.05, 0.1) is 5.56 Å². The van der Waals surface area contributed by atoms with Crippen LogP contribution in [0.3, 0.4) is 0 Å². The average Bonchev–Trinajstić information content (AvgIpc) is 2.28. The van der Waals surface area contributed by atoms with Crippen LogP contribution in [0, 0.1) is 22.6 Å². The van der Waals surface area contributed by atoms with Crippen LogP contribution in [-0.4, -0.2) is 16.9 Å². The number of carbonyl (C=O) groups excluding carboxylic acids is 1. The molecule has 1 amide bonds. The summed E-state index contributed by atoms with van der Waals surface area (Å²) in [6.07, 6.45) is 3.83. The summed E-state index contributed by atoms with van der Waals surface area (Å²) in [5, 5.41) is 2.84. The van der Waals surface area contributed by atoms with Crippen LogP contribution >= 0.6 is 0 Å². The molecule has 2 rings (SSSR count). The van der Waals surface area contributed by atoms with Crippen molar-refractivity contribution in [2.75, 3.05) is 0 Å². The second-order valence-corrected chi connectivity index (χ2v) is 7.55. The van der Waals surface area contributed by atoms with Gasteiger partial charge in [0.2, 0.25) is 5.95 Å². The number of aromatic nitrogens is 1. The Morgan fingerprint density at radius 1 is 1.24 bits per heavy atom. The van der Waals surface area contributed by atoms with Crippen molar-refractivity contribution in [1.29, 1.82) is 0 Å². The van der Waals surface area contributed by atoms with Crippen molar-refractivity contribution in [2.24, 2.45) is 10.8 Å². The van der Waals surface area contributed by atoms with Crippen molar-refractivity contribution in [1.82, 2.24) is 10.3 Å². The first-order chi connectivity index (χ1) is 9.60. The van der Waals surface area contributed by atoms with E-state index in [9.17, 15) is 13.6 Å². The molecular formula is C16H22F2N2O. The number of nitrogens with one attached hydrogen (secondary N) is 1. The fraction of sp³-hybridized carbons (Fsp3) is 0.625. The smallest absolute Gasteiger partial charge is 0.254 e. The highest BCUT2D eigenvalue weighted by molar-refractivity contribution is 5.94. The zero-order chi connectivity index (χ0) is 15.8. The quantitative estimate of drug-likeness (QED) is 0.846. The number of hydrogen-bond acceptors (Lipinski definition) is 2. The number of halogens is 2. The molecule has 21 heavy (non-hydrogen) atoms. The first kappa shape index (κ1) is 15.9. The highest BCUT2D eigenvalue weighted by atomic mass is 19.2. The summed E-state index contributed by atoms with van der Waals surface area (Å²) < 4.78 is 26.7. The van der Waals surface area contributed by atoms with Crippen molar-refractivity contribution in [3.63, 3.8) is 0 Å². The minimum Gasteiger partial charge on any atom is -0.349 e. The lowest BCUT2D eigenvalue weighted by Gasteiger charge is -2.45. The summed E-state index contributed by atoms with van der Waals surface area (Å²) in [5.74, 6) is -3.01. The minimum atomic E-state index is -1.24. The Morgan fingerprint density at radius 2 is 1.81 bits per heavy atom. The first-order valence-electron chi connectivity index (χ1n) is 7.21. The molecule has 1 heterocycles. The third-order valence-electron chi connectivity index (χ3n) is 3.98. The molecule has 0 radical (unpaired) electrons. The molecule has 3 nitrogen and oxygen atoms in total. The van der Waals surface area contributed by atoms with Crippen LogP contribution in [0.1, 0.15) is 57.3 Å². The van der Waals surface area contributed by atoms with E-state index in [1.807, 2.05) is 0 Å². The molecule has 1 aliphatic rings. The molecule has 0 saturated heterocycles. The summed E-state index contributed by atoms with van der Waals surface area (Å²) in [4.78, 5) is 15.4. The van der Waals surface area contributed by atoms with Crippen LogP contribution in [0.5, 0.6) is 0 Å². The normalized spacial score (nSPS) is 21.0. The molecule has 0 bridgehead atoms. The zero-order valence-corrected chi connectivity index (χ0v) is 13.0. The Hall–Kier alpha value is -1.52. The van der Waals surface area contributed by atoms with Gasteiger partial charge >= 0.3 is 0 Å². The number of amides is 1. The van der Waals surface area contributed by atoms with E-state index in [1.165, 1.54) is 6.07 Å². The van der Waals surface area contributed by atoms with Gasteiger partial charge in [-0.2, -0.15) is 4.39 Å². The largest absolute Gasteiger partial charge is 0.349 e. The van der Waals surface area contributed by atoms with Gasteiger partial charge in [0.25, 0.3) is 5.91 Å². The summed E-state index contributed by atoms with van der Waals surface area (Å²) in [6, 6.07) is 1.17. The predicted molar refractivity (Wildman–Crippen MR) is 76.8 cm³/mol. The maximum atomic E-state index is 13.6. The lowest BCUT2D eigenvalue weighted by atomic mass is 9.63. The van der Waals surface area contributed by atoms with Gasteiger partial charge in [0, 0.05) is 12.2 Å². The van der Waals surface area contributed by atoms with E-state index in [1.54, 1.807) is 0 Å². The standard InChI is InChI=1S/C16H22F2N2O/c1-15(2)7-10(8-16(3,4)9-15)20-14(21)11-5-6-19-13(18)12(11)17/h5-6,10H,7-9H2,1-4H3,(H,20,21). The molecule has 0 aliphatic heterocycles. The van der Waals surface area contributed by atoms with E-state index in [2.05, 4.69) is 38.0 Å². The predicted octanol–water partition coefficient (Wildman–Crippen LogP) is 3.69. The lowest BCUT2D eigenvalue weighted by Crippen LogP contribution is -2.46. The topological polar surface area (TPSA) is 42.0 Å². The van der Waals surface area contributed by atoms with Crippen LogP contribution < -0.4 is 5.32 Å². The minimum absolute atomic E-state index is 0.0353. The van der Waals surface area contributed by atoms with Crippen LogP contribution in [0.25, 0.3) is 0 Å². The van der Waals surface area contributed by atoms with Crippen molar-refractivity contribution in [3.05, 3.63) is 29.6 Å². The van der Waals surface area contributed by atoms with E-state index < -0.39 is 17.7 Å². The van der Waals surface area contributed by atoms with Gasteiger partial charge in [0.15, 0.2) is 5.82 Å². The number of rotatable bonds is 2. The van der Waals surface area contributed by atoms with Crippen molar-refractivity contribution < 1.29 is 13.6 Å². The van der Waals surface area contributed by atoms with Crippen molar-refractivity contribution in [3.8, 4) is 0 Å². The number of hydrogen-bond donors (Lipinski definition) is 1. The van der Waals surface area contributed by atoms with E-state index in [4.69, 9.17) is 0 Å². The Kier molecular flexibility index (Phi) is 4.04. The van der Waals surface area contributed by atoms with Gasteiger partial charge in [-0.3, -0.25) is 4.79 Å². The molecule has 116 valence electrons. The SMILES string of the molecule is CC1(C)CC(NC(=O)c2ccnc(F)c2F)CC(C)(C)C1. The Morgan fingerprint density at radius 3 is 2.38 bits per heavy atom. The number of pyridine rings is 1. The summed E-state index contributed by atoms with van der Waals surface area (Å²) in [5.41, 5.74) is -0.0626. The summed E-state index contributed by atoms with van der Waals surface area (Å²) >= 11 is 0.